The zero-order chi connectivity index (χ0) is 19.1. The molecule has 1 saturated carbocycles. The number of esters is 1. The van der Waals surface area contributed by atoms with E-state index in [1.54, 1.807) is 6.08 Å². The third-order valence-electron chi connectivity index (χ3n) is 5.97. The highest BCUT2D eigenvalue weighted by Crippen LogP contribution is 2.63. The second kappa shape index (κ2) is 6.61. The van der Waals surface area contributed by atoms with Gasteiger partial charge in [0.2, 0.25) is 0 Å². The molecule has 1 aliphatic heterocycles. The minimum Gasteiger partial charge on any atom is -0.488 e. The predicted molar refractivity (Wildman–Crippen MR) is 104 cm³/mol. The van der Waals surface area contributed by atoms with Crippen molar-refractivity contribution >= 4 is 5.97 Å². The summed E-state index contributed by atoms with van der Waals surface area (Å²) in [6.07, 6.45) is 7.08. The van der Waals surface area contributed by atoms with E-state index in [0.29, 0.717) is 12.5 Å². The molecular weight excluding hydrogens is 324 g/mol. The Bertz CT molecular complexity index is 772. The van der Waals surface area contributed by atoms with E-state index in [9.17, 15) is 4.79 Å². The minimum atomic E-state index is -0.278. The Morgan fingerprint density at radius 2 is 2.08 bits per heavy atom. The van der Waals surface area contributed by atoms with E-state index in [1.165, 1.54) is 11.1 Å². The van der Waals surface area contributed by atoms with Gasteiger partial charge in [-0.1, -0.05) is 51.1 Å². The number of carbonyl (C=O) groups is 1. The summed E-state index contributed by atoms with van der Waals surface area (Å²) >= 11 is 0. The van der Waals surface area contributed by atoms with Crippen molar-refractivity contribution in [3.8, 4) is 5.75 Å². The van der Waals surface area contributed by atoms with Gasteiger partial charge >= 0.3 is 5.97 Å². The van der Waals surface area contributed by atoms with E-state index in [2.05, 4.69) is 52.0 Å². The third kappa shape index (κ3) is 3.20. The minimum absolute atomic E-state index is 0.00545. The van der Waals surface area contributed by atoms with E-state index < -0.39 is 0 Å². The van der Waals surface area contributed by atoms with Gasteiger partial charge in [0, 0.05) is 22.5 Å². The Hall–Kier alpha value is -2.03. The highest BCUT2D eigenvalue weighted by Gasteiger charge is 2.62. The Morgan fingerprint density at radius 1 is 1.35 bits per heavy atom. The molecule has 3 atom stereocenters. The summed E-state index contributed by atoms with van der Waals surface area (Å²) in [6, 6.07) is 6.44. The number of rotatable bonds is 5. The van der Waals surface area contributed by atoms with Crippen LogP contribution in [-0.4, -0.2) is 18.7 Å². The maximum Gasteiger partial charge on any atom is 0.330 e. The number of allylic oxidation sites excluding steroid dienone is 3. The molecule has 0 radical (unpaired) electrons. The van der Waals surface area contributed by atoms with Gasteiger partial charge in [-0.3, -0.25) is 0 Å². The van der Waals surface area contributed by atoms with Crippen LogP contribution in [0.3, 0.4) is 0 Å². The SMILES string of the molecule is CCOC(=O)C=C(C)C=C[C@@H]1C[C@]1(C)C1Oc2c(C)cccc2C1(C)C. The number of para-hydroxylation sites is 1. The molecule has 1 unspecified atom stereocenters. The Labute approximate surface area is 157 Å². The summed E-state index contributed by atoms with van der Waals surface area (Å²) in [7, 11) is 0. The van der Waals surface area contributed by atoms with Crippen LogP contribution in [0, 0.1) is 18.3 Å². The van der Waals surface area contributed by atoms with Gasteiger partial charge in [0.25, 0.3) is 0 Å². The molecule has 0 saturated heterocycles. The number of ether oxygens (including phenoxy) is 2. The van der Waals surface area contributed by atoms with Crippen molar-refractivity contribution in [2.45, 2.75) is 59.5 Å². The van der Waals surface area contributed by atoms with Crippen molar-refractivity contribution in [2.24, 2.45) is 11.3 Å². The fraction of sp³-hybridized carbons (Fsp3) is 0.522. The van der Waals surface area contributed by atoms with E-state index in [-0.39, 0.29) is 22.9 Å². The first-order chi connectivity index (χ1) is 12.2. The van der Waals surface area contributed by atoms with Crippen molar-refractivity contribution < 1.29 is 14.3 Å². The molecule has 0 N–H and O–H groups in total. The smallest absolute Gasteiger partial charge is 0.330 e. The van der Waals surface area contributed by atoms with E-state index in [4.69, 9.17) is 9.47 Å². The number of aryl methyl sites for hydroxylation is 1. The summed E-state index contributed by atoms with van der Waals surface area (Å²) in [5, 5.41) is 0. The van der Waals surface area contributed by atoms with E-state index in [0.717, 1.165) is 17.7 Å². The zero-order valence-corrected chi connectivity index (χ0v) is 16.8. The second-order valence-corrected chi connectivity index (χ2v) is 8.49. The van der Waals surface area contributed by atoms with Gasteiger partial charge in [-0.15, -0.1) is 0 Å². The first kappa shape index (κ1) is 18.8. The Kier molecular flexibility index (Phi) is 4.76. The van der Waals surface area contributed by atoms with Crippen molar-refractivity contribution in [3.63, 3.8) is 0 Å². The lowest BCUT2D eigenvalue weighted by atomic mass is 9.74. The molecule has 0 spiro atoms. The highest BCUT2D eigenvalue weighted by atomic mass is 16.5. The molecule has 1 aliphatic carbocycles. The molecule has 2 aliphatic rings. The first-order valence-corrected chi connectivity index (χ1v) is 9.50. The van der Waals surface area contributed by atoms with Gasteiger partial charge in [0.15, 0.2) is 0 Å². The van der Waals surface area contributed by atoms with Crippen molar-refractivity contribution in [1.82, 2.24) is 0 Å². The monoisotopic (exact) mass is 354 g/mol. The average molecular weight is 354 g/mol. The predicted octanol–water partition coefficient (Wildman–Crippen LogP) is 5.13. The topological polar surface area (TPSA) is 35.5 Å². The van der Waals surface area contributed by atoms with Crippen molar-refractivity contribution in [1.29, 1.82) is 0 Å². The van der Waals surface area contributed by atoms with Crippen LogP contribution >= 0.6 is 0 Å². The molecule has 26 heavy (non-hydrogen) atoms. The van der Waals surface area contributed by atoms with Crippen LogP contribution in [0.1, 0.15) is 52.2 Å². The highest BCUT2D eigenvalue weighted by molar-refractivity contribution is 5.83. The Balaban J connectivity index is 1.73. The quantitative estimate of drug-likeness (QED) is 0.418. The average Bonchev–Trinajstić information content (AvgIpc) is 3.13. The van der Waals surface area contributed by atoms with Gasteiger partial charge in [-0.05, 0) is 44.2 Å². The van der Waals surface area contributed by atoms with Gasteiger partial charge in [-0.2, -0.15) is 0 Å². The van der Waals surface area contributed by atoms with Crippen LogP contribution in [-0.2, 0) is 14.9 Å². The van der Waals surface area contributed by atoms with E-state index in [1.807, 2.05) is 19.9 Å². The lowest BCUT2D eigenvalue weighted by Crippen LogP contribution is -2.39. The summed E-state index contributed by atoms with van der Waals surface area (Å²) < 4.78 is 11.5. The second-order valence-electron chi connectivity index (χ2n) is 8.49. The van der Waals surface area contributed by atoms with Crippen LogP contribution in [0.25, 0.3) is 0 Å². The number of benzene rings is 1. The molecule has 1 fully saturated rings. The maximum absolute atomic E-state index is 11.5. The van der Waals surface area contributed by atoms with Gasteiger partial charge < -0.3 is 9.47 Å². The van der Waals surface area contributed by atoms with Gasteiger partial charge in [0.05, 0.1) is 6.61 Å². The molecule has 0 aromatic heterocycles. The number of carbonyl (C=O) groups excluding carboxylic acids is 1. The summed E-state index contributed by atoms with van der Waals surface area (Å²) in [4.78, 5) is 11.5. The lowest BCUT2D eigenvalue weighted by molar-refractivity contribution is -0.137. The normalized spacial score (nSPS) is 29.4. The standard InChI is InChI=1S/C23H30O3/c1-7-25-19(24)13-15(2)11-12-17-14-23(17,6)21-22(4,5)18-10-8-9-16(3)20(18)26-21/h8-13,17,21H,7,14H2,1-6H3/t17-,21?,23+/m1/s1. The summed E-state index contributed by atoms with van der Waals surface area (Å²) in [5.41, 5.74) is 3.56. The lowest BCUT2D eigenvalue weighted by Gasteiger charge is -2.31. The molecule has 1 heterocycles. The van der Waals surface area contributed by atoms with Crippen LogP contribution in [0.4, 0.5) is 0 Å². The van der Waals surface area contributed by atoms with Crippen LogP contribution in [0.15, 0.2) is 42.0 Å². The molecule has 140 valence electrons. The van der Waals surface area contributed by atoms with Crippen molar-refractivity contribution in [2.75, 3.05) is 6.61 Å². The van der Waals surface area contributed by atoms with Gasteiger partial charge in [-0.25, -0.2) is 4.79 Å². The summed E-state index contributed by atoms with van der Waals surface area (Å²) in [5.74, 6) is 1.25. The number of hydrogen-bond acceptors (Lipinski definition) is 3. The Morgan fingerprint density at radius 3 is 2.73 bits per heavy atom. The molecule has 3 rings (SSSR count). The molecular formula is C23H30O3. The zero-order valence-electron chi connectivity index (χ0n) is 16.8. The fourth-order valence-corrected chi connectivity index (χ4v) is 4.37. The number of fused-ring (bicyclic) bond motifs is 1. The molecule has 1 aromatic carbocycles. The van der Waals surface area contributed by atoms with E-state index >= 15 is 0 Å². The molecule has 0 amide bonds. The maximum atomic E-state index is 11.5. The first-order valence-electron chi connectivity index (χ1n) is 9.50. The fourth-order valence-electron chi connectivity index (χ4n) is 4.37. The largest absolute Gasteiger partial charge is 0.488 e. The molecule has 3 nitrogen and oxygen atoms in total. The van der Waals surface area contributed by atoms with Crippen LogP contribution in [0.2, 0.25) is 0 Å². The molecule has 3 heteroatoms. The van der Waals surface area contributed by atoms with Gasteiger partial charge in [0.1, 0.15) is 11.9 Å². The van der Waals surface area contributed by atoms with Crippen molar-refractivity contribution in [3.05, 3.63) is 53.1 Å². The van der Waals surface area contributed by atoms with Crippen LogP contribution in [0.5, 0.6) is 5.75 Å². The summed E-state index contributed by atoms with van der Waals surface area (Å²) in [6.45, 7) is 13.2. The molecule has 0 bridgehead atoms. The third-order valence-corrected chi connectivity index (χ3v) is 5.97. The van der Waals surface area contributed by atoms with Crippen LogP contribution < -0.4 is 4.74 Å². The molecule has 1 aromatic rings. The number of hydrogen-bond donors (Lipinski definition) is 0.